The quantitative estimate of drug-likeness (QED) is 0.812. The van der Waals surface area contributed by atoms with E-state index in [1.165, 1.54) is 5.56 Å². The van der Waals surface area contributed by atoms with Gasteiger partial charge in [0, 0.05) is 5.69 Å². The van der Waals surface area contributed by atoms with E-state index in [1.54, 1.807) is 0 Å². The number of hydrogen-bond donors (Lipinski definition) is 1. The van der Waals surface area contributed by atoms with E-state index < -0.39 is 0 Å². The first-order valence-electron chi connectivity index (χ1n) is 5.84. The van der Waals surface area contributed by atoms with Gasteiger partial charge in [0.1, 0.15) is 12.4 Å². The lowest BCUT2D eigenvalue weighted by Crippen LogP contribution is -1.96. The molecule has 88 valence electrons. The number of hydrogen-bond acceptors (Lipinski definition) is 2. The van der Waals surface area contributed by atoms with E-state index >= 15 is 0 Å². The number of nitrogens with two attached hydrogens (primary N) is 1. The van der Waals surface area contributed by atoms with E-state index in [4.69, 9.17) is 10.5 Å². The first-order chi connectivity index (χ1) is 8.28. The number of aryl methyl sites for hydroxylation is 1. The van der Waals surface area contributed by atoms with E-state index in [2.05, 4.69) is 19.1 Å². The van der Waals surface area contributed by atoms with Crippen molar-refractivity contribution in [3.05, 3.63) is 59.7 Å². The molecule has 0 bridgehead atoms. The molecule has 0 aliphatic heterocycles. The van der Waals surface area contributed by atoms with Gasteiger partial charge >= 0.3 is 0 Å². The molecule has 0 radical (unpaired) electrons. The number of rotatable bonds is 4. The van der Waals surface area contributed by atoms with Crippen molar-refractivity contribution in [2.75, 3.05) is 5.73 Å². The number of benzene rings is 2. The van der Waals surface area contributed by atoms with Crippen LogP contribution in [-0.4, -0.2) is 0 Å². The fourth-order valence-electron chi connectivity index (χ4n) is 1.67. The van der Waals surface area contributed by atoms with Gasteiger partial charge in [0.25, 0.3) is 0 Å². The number of nitrogen functional groups attached to an aromatic ring is 1. The Morgan fingerprint density at radius 1 is 1.00 bits per heavy atom. The van der Waals surface area contributed by atoms with Crippen molar-refractivity contribution in [1.82, 2.24) is 0 Å². The van der Waals surface area contributed by atoms with Crippen LogP contribution in [0.5, 0.6) is 5.75 Å². The van der Waals surface area contributed by atoms with E-state index in [9.17, 15) is 0 Å². The third-order valence-corrected chi connectivity index (χ3v) is 2.69. The first-order valence-corrected chi connectivity index (χ1v) is 5.84. The molecule has 0 spiro atoms. The van der Waals surface area contributed by atoms with Crippen molar-refractivity contribution in [2.45, 2.75) is 20.0 Å². The van der Waals surface area contributed by atoms with Gasteiger partial charge in [0.05, 0.1) is 0 Å². The highest BCUT2D eigenvalue weighted by Gasteiger charge is 1.97. The second-order valence-corrected chi connectivity index (χ2v) is 4.03. The predicted octanol–water partition coefficient (Wildman–Crippen LogP) is 3.41. The molecule has 0 aromatic heterocycles. The van der Waals surface area contributed by atoms with Crippen LogP contribution < -0.4 is 10.5 Å². The third-order valence-electron chi connectivity index (χ3n) is 2.69. The maximum absolute atomic E-state index is 5.71. The Morgan fingerprint density at radius 2 is 1.76 bits per heavy atom. The molecule has 0 atom stereocenters. The van der Waals surface area contributed by atoms with Crippen LogP contribution in [0.2, 0.25) is 0 Å². The molecule has 2 rings (SSSR count). The summed E-state index contributed by atoms with van der Waals surface area (Å²) in [7, 11) is 0. The van der Waals surface area contributed by atoms with Crippen LogP contribution in [0.4, 0.5) is 5.69 Å². The van der Waals surface area contributed by atoms with Gasteiger partial charge in [-0.15, -0.1) is 0 Å². The Hall–Kier alpha value is -1.96. The zero-order valence-electron chi connectivity index (χ0n) is 10.0. The summed E-state index contributed by atoms with van der Waals surface area (Å²) in [5, 5.41) is 0. The van der Waals surface area contributed by atoms with Crippen molar-refractivity contribution < 1.29 is 4.74 Å². The van der Waals surface area contributed by atoms with Crippen LogP contribution in [-0.2, 0) is 13.0 Å². The van der Waals surface area contributed by atoms with Gasteiger partial charge in [0.2, 0.25) is 0 Å². The zero-order valence-corrected chi connectivity index (χ0v) is 10.0. The van der Waals surface area contributed by atoms with Crippen LogP contribution >= 0.6 is 0 Å². The Labute approximate surface area is 102 Å². The summed E-state index contributed by atoms with van der Waals surface area (Å²) in [5.41, 5.74) is 8.89. The average Bonchev–Trinajstić information content (AvgIpc) is 2.37. The average molecular weight is 227 g/mol. The summed E-state index contributed by atoms with van der Waals surface area (Å²) in [5.74, 6) is 0.893. The van der Waals surface area contributed by atoms with Crippen molar-refractivity contribution in [1.29, 1.82) is 0 Å². The fourth-order valence-corrected chi connectivity index (χ4v) is 1.67. The van der Waals surface area contributed by atoms with Crippen molar-refractivity contribution in [3.8, 4) is 5.75 Å². The van der Waals surface area contributed by atoms with Crippen LogP contribution in [0.15, 0.2) is 48.5 Å². The lowest BCUT2D eigenvalue weighted by molar-refractivity contribution is 0.306. The van der Waals surface area contributed by atoms with E-state index in [-0.39, 0.29) is 0 Å². The summed E-state index contributed by atoms with van der Waals surface area (Å²) in [6.45, 7) is 2.69. The molecule has 0 amide bonds. The normalized spacial score (nSPS) is 10.2. The molecule has 2 nitrogen and oxygen atoms in total. The van der Waals surface area contributed by atoms with Crippen LogP contribution in [0.3, 0.4) is 0 Å². The minimum absolute atomic E-state index is 0.552. The summed E-state index contributed by atoms with van der Waals surface area (Å²) in [6, 6.07) is 15.9. The molecule has 0 unspecified atom stereocenters. The summed E-state index contributed by atoms with van der Waals surface area (Å²) >= 11 is 0. The second kappa shape index (κ2) is 5.39. The first kappa shape index (κ1) is 11.5. The van der Waals surface area contributed by atoms with Crippen molar-refractivity contribution >= 4 is 5.69 Å². The lowest BCUT2D eigenvalue weighted by atomic mass is 10.2. The second-order valence-electron chi connectivity index (χ2n) is 4.03. The lowest BCUT2D eigenvalue weighted by Gasteiger charge is -2.07. The molecule has 2 heteroatoms. The number of anilines is 1. The molecule has 2 aromatic rings. The standard InChI is InChI=1S/C15H17NO/c1-2-12-6-8-15(9-7-12)17-11-13-4-3-5-14(16)10-13/h3-10H,2,11,16H2,1H3. The molecule has 0 aliphatic carbocycles. The van der Waals surface area contributed by atoms with Crippen LogP contribution in [0.1, 0.15) is 18.1 Å². The highest BCUT2D eigenvalue weighted by atomic mass is 16.5. The minimum atomic E-state index is 0.552. The Balaban J connectivity index is 1.97. The predicted molar refractivity (Wildman–Crippen MR) is 71.0 cm³/mol. The highest BCUT2D eigenvalue weighted by molar-refractivity contribution is 5.40. The van der Waals surface area contributed by atoms with Crippen LogP contribution in [0, 0.1) is 0 Å². The maximum Gasteiger partial charge on any atom is 0.119 e. The molecule has 2 N–H and O–H groups in total. The fraction of sp³-hybridized carbons (Fsp3) is 0.200. The Kier molecular flexibility index (Phi) is 3.66. The maximum atomic E-state index is 5.71. The molecule has 17 heavy (non-hydrogen) atoms. The van der Waals surface area contributed by atoms with Crippen molar-refractivity contribution in [3.63, 3.8) is 0 Å². The largest absolute Gasteiger partial charge is 0.489 e. The summed E-state index contributed by atoms with van der Waals surface area (Å²) in [6.07, 6.45) is 1.05. The molecule has 0 saturated heterocycles. The van der Waals surface area contributed by atoms with Gasteiger partial charge in [-0.2, -0.15) is 0 Å². The highest BCUT2D eigenvalue weighted by Crippen LogP contribution is 2.15. The minimum Gasteiger partial charge on any atom is -0.489 e. The zero-order chi connectivity index (χ0) is 12.1. The van der Waals surface area contributed by atoms with Gasteiger partial charge in [-0.1, -0.05) is 31.2 Å². The Bertz CT molecular complexity index is 477. The van der Waals surface area contributed by atoms with E-state index in [0.29, 0.717) is 6.61 Å². The monoisotopic (exact) mass is 227 g/mol. The molecule has 0 aliphatic rings. The SMILES string of the molecule is CCc1ccc(OCc2cccc(N)c2)cc1. The number of ether oxygens (including phenoxy) is 1. The van der Waals surface area contributed by atoms with Gasteiger partial charge in [0.15, 0.2) is 0 Å². The van der Waals surface area contributed by atoms with E-state index in [1.807, 2.05) is 36.4 Å². The molecule has 2 aromatic carbocycles. The van der Waals surface area contributed by atoms with Gasteiger partial charge < -0.3 is 10.5 Å². The summed E-state index contributed by atoms with van der Waals surface area (Å²) in [4.78, 5) is 0. The van der Waals surface area contributed by atoms with Gasteiger partial charge in [-0.05, 0) is 41.8 Å². The molecule has 0 fully saturated rings. The topological polar surface area (TPSA) is 35.2 Å². The van der Waals surface area contributed by atoms with Crippen molar-refractivity contribution in [2.24, 2.45) is 0 Å². The van der Waals surface area contributed by atoms with Gasteiger partial charge in [-0.25, -0.2) is 0 Å². The molecule has 0 heterocycles. The van der Waals surface area contributed by atoms with E-state index in [0.717, 1.165) is 23.4 Å². The smallest absolute Gasteiger partial charge is 0.119 e. The molecular formula is C15H17NO. The van der Waals surface area contributed by atoms with Crippen LogP contribution in [0.25, 0.3) is 0 Å². The third kappa shape index (κ3) is 3.25. The molecule has 0 saturated carbocycles. The molecular weight excluding hydrogens is 210 g/mol. The van der Waals surface area contributed by atoms with Gasteiger partial charge in [-0.3, -0.25) is 0 Å². The Morgan fingerprint density at radius 3 is 2.41 bits per heavy atom. The summed E-state index contributed by atoms with van der Waals surface area (Å²) < 4.78 is 5.69.